The van der Waals surface area contributed by atoms with Gasteiger partial charge in [-0.1, -0.05) is 11.6 Å². The van der Waals surface area contributed by atoms with E-state index in [0.29, 0.717) is 18.8 Å². The quantitative estimate of drug-likeness (QED) is 0.741. The number of carbonyl (C=O) groups excluding carboxylic acids is 1. The zero-order valence-corrected chi connectivity index (χ0v) is 11.6. The molecule has 0 bridgehead atoms. The zero-order valence-electron chi connectivity index (χ0n) is 11.6. The van der Waals surface area contributed by atoms with Gasteiger partial charge in [0.15, 0.2) is 5.69 Å². The molecule has 0 saturated carbocycles. The molecule has 1 amide bonds. The van der Waals surface area contributed by atoms with E-state index >= 15 is 0 Å². The van der Waals surface area contributed by atoms with Crippen molar-refractivity contribution in [3.05, 3.63) is 29.5 Å². The first-order valence-corrected chi connectivity index (χ1v) is 6.76. The van der Waals surface area contributed by atoms with Gasteiger partial charge in [-0.2, -0.15) is 5.10 Å². The van der Waals surface area contributed by atoms with Crippen LogP contribution in [0.5, 0.6) is 0 Å². The number of fused-ring (bicyclic) bond motifs is 1. The minimum absolute atomic E-state index is 0.147. The van der Waals surface area contributed by atoms with Crippen LogP contribution in [0, 0.1) is 6.92 Å². The third-order valence-electron chi connectivity index (χ3n) is 3.68. The van der Waals surface area contributed by atoms with E-state index in [1.54, 1.807) is 0 Å². The second kappa shape index (κ2) is 5.17. The van der Waals surface area contributed by atoms with Crippen LogP contribution in [0.1, 0.15) is 16.1 Å². The molecule has 7 heteroatoms. The summed E-state index contributed by atoms with van der Waals surface area (Å²) < 4.78 is 0. The molecule has 0 spiro atoms. The largest absolute Gasteiger partial charge is 0.480 e. The Hall–Kier alpha value is -2.41. The molecule has 0 aliphatic carbocycles. The molecule has 0 radical (unpaired) electrons. The maximum Gasteiger partial charge on any atom is 0.322 e. The summed E-state index contributed by atoms with van der Waals surface area (Å²) in [7, 11) is 0. The topological polar surface area (TPSA) is 98.3 Å². The Kier molecular flexibility index (Phi) is 3.34. The van der Waals surface area contributed by atoms with Gasteiger partial charge in [-0.15, -0.1) is 0 Å². The molecule has 7 nitrogen and oxygen atoms in total. The highest BCUT2D eigenvalue weighted by atomic mass is 16.4. The van der Waals surface area contributed by atoms with Crippen LogP contribution in [0.2, 0.25) is 0 Å². The molecule has 1 aliphatic heterocycles. The number of benzene rings is 1. The molecule has 3 rings (SSSR count). The summed E-state index contributed by atoms with van der Waals surface area (Å²) in [5.74, 6) is -1.19. The van der Waals surface area contributed by atoms with Crippen LogP contribution < -0.4 is 5.32 Å². The Morgan fingerprint density at radius 1 is 1.43 bits per heavy atom. The minimum Gasteiger partial charge on any atom is -0.480 e. The molecule has 1 saturated heterocycles. The number of aromatic nitrogens is 2. The van der Waals surface area contributed by atoms with E-state index in [2.05, 4.69) is 15.5 Å². The Morgan fingerprint density at radius 2 is 2.24 bits per heavy atom. The smallest absolute Gasteiger partial charge is 0.322 e. The average Bonchev–Trinajstić information content (AvgIpc) is 2.89. The van der Waals surface area contributed by atoms with Gasteiger partial charge in [-0.05, 0) is 19.1 Å². The number of carboxylic acid groups (broad SMARTS) is 1. The van der Waals surface area contributed by atoms with Crippen molar-refractivity contribution in [2.45, 2.75) is 13.0 Å². The Morgan fingerprint density at radius 3 is 3.00 bits per heavy atom. The minimum atomic E-state index is -0.949. The van der Waals surface area contributed by atoms with Crippen molar-refractivity contribution in [3.63, 3.8) is 0 Å². The van der Waals surface area contributed by atoms with Crippen molar-refractivity contribution < 1.29 is 14.7 Å². The van der Waals surface area contributed by atoms with E-state index in [9.17, 15) is 9.59 Å². The third kappa shape index (κ3) is 2.47. The summed E-state index contributed by atoms with van der Waals surface area (Å²) in [6, 6.07) is 5.00. The standard InChI is InChI=1S/C14H16N4O3/c1-8-2-3-10-9(6-8)12(17-16-10)13(19)18-5-4-15-11(7-18)14(20)21/h2-3,6,11,15H,4-5,7H2,1H3,(H,16,17)(H,20,21)/t11-/m0/s1. The molecule has 3 N–H and O–H groups in total. The zero-order chi connectivity index (χ0) is 15.0. The molecule has 21 heavy (non-hydrogen) atoms. The third-order valence-corrected chi connectivity index (χ3v) is 3.68. The summed E-state index contributed by atoms with van der Waals surface area (Å²) in [6.07, 6.45) is 0. The van der Waals surface area contributed by atoms with Crippen LogP contribution in [-0.2, 0) is 4.79 Å². The van der Waals surface area contributed by atoms with E-state index in [0.717, 1.165) is 16.5 Å². The molecule has 2 aromatic rings. The summed E-state index contributed by atoms with van der Waals surface area (Å²) in [4.78, 5) is 25.2. The number of H-pyrrole nitrogens is 1. The normalized spacial score (nSPS) is 18.9. The van der Waals surface area contributed by atoms with Crippen LogP contribution in [0.25, 0.3) is 10.9 Å². The fourth-order valence-corrected chi connectivity index (χ4v) is 2.54. The van der Waals surface area contributed by atoms with Crippen molar-refractivity contribution >= 4 is 22.8 Å². The SMILES string of the molecule is Cc1ccc2[nH]nc(C(=O)N3CCN[C@H](C(=O)O)C3)c2c1. The molecule has 1 aromatic carbocycles. The van der Waals surface area contributed by atoms with Crippen LogP contribution >= 0.6 is 0 Å². The lowest BCUT2D eigenvalue weighted by Crippen LogP contribution is -2.55. The number of nitrogens with zero attached hydrogens (tertiary/aromatic N) is 2. The van der Waals surface area contributed by atoms with Gasteiger partial charge >= 0.3 is 5.97 Å². The summed E-state index contributed by atoms with van der Waals surface area (Å²) in [5.41, 5.74) is 2.19. The van der Waals surface area contributed by atoms with Crippen LogP contribution in [0.15, 0.2) is 18.2 Å². The monoisotopic (exact) mass is 288 g/mol. The highest BCUT2D eigenvalue weighted by Gasteiger charge is 2.29. The van der Waals surface area contributed by atoms with Crippen molar-refractivity contribution in [3.8, 4) is 0 Å². The predicted octanol–water partition coefficient (Wildman–Crippen LogP) is 0.370. The van der Waals surface area contributed by atoms with Gasteiger partial charge in [-0.3, -0.25) is 14.7 Å². The van der Waals surface area contributed by atoms with E-state index in [1.165, 1.54) is 4.90 Å². The van der Waals surface area contributed by atoms with E-state index in [-0.39, 0.29) is 12.5 Å². The maximum atomic E-state index is 12.6. The van der Waals surface area contributed by atoms with Crippen molar-refractivity contribution in [1.29, 1.82) is 0 Å². The molecule has 1 fully saturated rings. The van der Waals surface area contributed by atoms with E-state index in [4.69, 9.17) is 5.11 Å². The first-order valence-electron chi connectivity index (χ1n) is 6.76. The maximum absolute atomic E-state index is 12.6. The number of carbonyl (C=O) groups is 2. The van der Waals surface area contributed by atoms with Crippen molar-refractivity contribution in [1.82, 2.24) is 20.4 Å². The molecule has 2 heterocycles. The lowest BCUT2D eigenvalue weighted by Gasteiger charge is -2.31. The van der Waals surface area contributed by atoms with Gasteiger partial charge in [0.25, 0.3) is 5.91 Å². The second-order valence-corrected chi connectivity index (χ2v) is 5.22. The fraction of sp³-hybridized carbons (Fsp3) is 0.357. The number of hydrogen-bond acceptors (Lipinski definition) is 4. The molecular formula is C14H16N4O3. The molecule has 1 atom stereocenters. The van der Waals surface area contributed by atoms with Gasteiger partial charge in [0.1, 0.15) is 6.04 Å². The van der Waals surface area contributed by atoms with Crippen LogP contribution in [0.3, 0.4) is 0 Å². The van der Waals surface area contributed by atoms with Gasteiger partial charge in [0.05, 0.1) is 5.52 Å². The van der Waals surface area contributed by atoms with Crippen LogP contribution in [0.4, 0.5) is 0 Å². The molecular weight excluding hydrogens is 272 g/mol. The number of aryl methyl sites for hydroxylation is 1. The summed E-state index contributed by atoms with van der Waals surface area (Å²) in [5, 5.41) is 19.6. The second-order valence-electron chi connectivity index (χ2n) is 5.22. The van der Waals surface area contributed by atoms with E-state index < -0.39 is 12.0 Å². The van der Waals surface area contributed by atoms with Crippen LogP contribution in [-0.4, -0.2) is 57.8 Å². The summed E-state index contributed by atoms with van der Waals surface area (Å²) >= 11 is 0. The van der Waals surface area contributed by atoms with E-state index in [1.807, 2.05) is 25.1 Å². The Labute approximate surface area is 120 Å². The van der Waals surface area contributed by atoms with Gasteiger partial charge in [0.2, 0.25) is 0 Å². The molecule has 1 aliphatic rings. The number of aromatic amines is 1. The van der Waals surface area contributed by atoms with Crippen molar-refractivity contribution in [2.75, 3.05) is 19.6 Å². The first kappa shape index (κ1) is 13.6. The van der Waals surface area contributed by atoms with Gasteiger partial charge in [0, 0.05) is 25.0 Å². The highest BCUT2D eigenvalue weighted by Crippen LogP contribution is 2.19. The first-order chi connectivity index (χ1) is 10.1. The molecule has 1 aromatic heterocycles. The average molecular weight is 288 g/mol. The van der Waals surface area contributed by atoms with Gasteiger partial charge in [-0.25, -0.2) is 0 Å². The lowest BCUT2D eigenvalue weighted by molar-refractivity contribution is -0.140. The van der Waals surface area contributed by atoms with Crippen molar-refractivity contribution in [2.24, 2.45) is 0 Å². The number of nitrogens with one attached hydrogen (secondary N) is 2. The lowest BCUT2D eigenvalue weighted by atomic mass is 10.1. The number of hydrogen-bond donors (Lipinski definition) is 3. The molecule has 0 unspecified atom stereocenters. The fourth-order valence-electron chi connectivity index (χ4n) is 2.54. The number of aliphatic carboxylic acids is 1. The Balaban J connectivity index is 1.90. The predicted molar refractivity (Wildman–Crippen MR) is 76.2 cm³/mol. The number of rotatable bonds is 2. The molecule has 110 valence electrons. The number of piperazine rings is 1. The number of carboxylic acids is 1. The Bertz CT molecular complexity index is 709. The number of amides is 1. The highest BCUT2D eigenvalue weighted by molar-refractivity contribution is 6.05. The van der Waals surface area contributed by atoms with Gasteiger partial charge < -0.3 is 15.3 Å². The summed E-state index contributed by atoms with van der Waals surface area (Å²) in [6.45, 7) is 3.03.